The summed E-state index contributed by atoms with van der Waals surface area (Å²) in [6.45, 7) is 0. The molecule has 0 saturated heterocycles. The lowest BCUT2D eigenvalue weighted by Gasteiger charge is -2.46. The Hall–Kier alpha value is -0.860. The first kappa shape index (κ1) is 12.6. The second-order valence-corrected chi connectivity index (χ2v) is 5.37. The summed E-state index contributed by atoms with van der Waals surface area (Å²) >= 11 is 0. The third-order valence-electron chi connectivity index (χ3n) is 4.23. The minimum atomic E-state index is -0.376. The minimum absolute atomic E-state index is 0.0698. The summed E-state index contributed by atoms with van der Waals surface area (Å²) in [5.41, 5.74) is 0.975. The van der Waals surface area contributed by atoms with Crippen LogP contribution in [-0.2, 0) is 0 Å². The van der Waals surface area contributed by atoms with Gasteiger partial charge in [-0.25, -0.2) is 0 Å². The molecule has 2 nitrogen and oxygen atoms in total. The van der Waals surface area contributed by atoms with Crippen molar-refractivity contribution in [1.82, 2.24) is 4.90 Å². The summed E-state index contributed by atoms with van der Waals surface area (Å²) < 4.78 is 0. The van der Waals surface area contributed by atoms with Gasteiger partial charge in [0.05, 0.1) is 11.6 Å². The van der Waals surface area contributed by atoms with Crippen molar-refractivity contribution in [3.05, 3.63) is 35.9 Å². The zero-order valence-corrected chi connectivity index (χ0v) is 10.9. The molecule has 0 radical (unpaired) electrons. The van der Waals surface area contributed by atoms with E-state index in [0.29, 0.717) is 0 Å². The molecule has 1 fully saturated rings. The van der Waals surface area contributed by atoms with Gasteiger partial charge in [0, 0.05) is 0 Å². The van der Waals surface area contributed by atoms with Crippen LogP contribution in [0, 0.1) is 0 Å². The molecule has 0 aromatic heterocycles. The Balaban J connectivity index is 2.27. The van der Waals surface area contributed by atoms with Gasteiger partial charge >= 0.3 is 0 Å². The second-order valence-electron chi connectivity index (χ2n) is 5.37. The van der Waals surface area contributed by atoms with E-state index in [4.69, 9.17) is 0 Å². The molecule has 0 spiro atoms. The summed E-state index contributed by atoms with van der Waals surface area (Å²) in [6, 6.07) is 10.1. The van der Waals surface area contributed by atoms with Crippen molar-refractivity contribution in [3.8, 4) is 0 Å². The van der Waals surface area contributed by atoms with Gasteiger partial charge in [0.15, 0.2) is 0 Å². The first-order valence-electron chi connectivity index (χ1n) is 6.57. The maximum atomic E-state index is 10.7. The van der Waals surface area contributed by atoms with E-state index in [1.165, 1.54) is 19.3 Å². The van der Waals surface area contributed by atoms with Gasteiger partial charge in [0.25, 0.3) is 0 Å². The number of benzene rings is 1. The summed E-state index contributed by atoms with van der Waals surface area (Å²) in [6.07, 6.45) is 5.56. The Labute approximate surface area is 104 Å². The zero-order chi connectivity index (χ0) is 12.3. The number of aliphatic hydroxyl groups is 1. The summed E-state index contributed by atoms with van der Waals surface area (Å²) in [7, 11) is 4.19. The molecule has 0 aliphatic heterocycles. The van der Waals surface area contributed by atoms with Crippen LogP contribution < -0.4 is 0 Å². The molecule has 0 heterocycles. The molecular formula is C15H23NO. The quantitative estimate of drug-likeness (QED) is 0.867. The molecule has 17 heavy (non-hydrogen) atoms. The molecule has 1 aromatic rings. The molecule has 0 bridgehead atoms. The van der Waals surface area contributed by atoms with E-state index in [1.807, 2.05) is 30.3 Å². The topological polar surface area (TPSA) is 23.5 Å². The number of hydrogen-bond acceptors (Lipinski definition) is 2. The maximum Gasteiger partial charge on any atom is 0.0973 e. The fourth-order valence-corrected chi connectivity index (χ4v) is 3.07. The van der Waals surface area contributed by atoms with Crippen molar-refractivity contribution in [2.45, 2.75) is 43.7 Å². The lowest BCUT2D eigenvalue weighted by Crippen LogP contribution is -2.50. The van der Waals surface area contributed by atoms with Gasteiger partial charge in [0.2, 0.25) is 0 Å². The monoisotopic (exact) mass is 233 g/mol. The van der Waals surface area contributed by atoms with Gasteiger partial charge in [-0.1, -0.05) is 49.6 Å². The van der Waals surface area contributed by atoms with Gasteiger partial charge < -0.3 is 10.0 Å². The highest BCUT2D eigenvalue weighted by Crippen LogP contribution is 2.41. The molecule has 1 saturated carbocycles. The first-order valence-corrected chi connectivity index (χ1v) is 6.57. The predicted octanol–water partition coefficient (Wildman–Crippen LogP) is 2.98. The van der Waals surface area contributed by atoms with E-state index in [0.717, 1.165) is 18.4 Å². The van der Waals surface area contributed by atoms with E-state index < -0.39 is 0 Å². The highest BCUT2D eigenvalue weighted by atomic mass is 16.3. The normalized spacial score (nSPS) is 21.4. The second kappa shape index (κ2) is 5.19. The maximum absolute atomic E-state index is 10.7. The van der Waals surface area contributed by atoms with Crippen molar-refractivity contribution in [1.29, 1.82) is 0 Å². The van der Waals surface area contributed by atoms with Gasteiger partial charge in [-0.05, 0) is 32.5 Å². The van der Waals surface area contributed by atoms with Gasteiger partial charge in [0.1, 0.15) is 0 Å². The molecule has 0 amide bonds. The van der Waals surface area contributed by atoms with Crippen LogP contribution in [0.4, 0.5) is 0 Å². The summed E-state index contributed by atoms with van der Waals surface area (Å²) in [4.78, 5) is 2.23. The number of nitrogens with zero attached hydrogens (tertiary/aromatic N) is 1. The van der Waals surface area contributed by atoms with E-state index in [2.05, 4.69) is 19.0 Å². The van der Waals surface area contributed by atoms with E-state index in [-0.39, 0.29) is 11.6 Å². The van der Waals surface area contributed by atoms with E-state index in [9.17, 15) is 5.11 Å². The van der Waals surface area contributed by atoms with Crippen LogP contribution in [0.2, 0.25) is 0 Å². The van der Waals surface area contributed by atoms with Crippen LogP contribution in [-0.4, -0.2) is 29.6 Å². The standard InChI is InChI=1S/C15H23NO/c1-16(2)15(11-7-4-8-12-15)14(17)13-9-5-3-6-10-13/h3,5-6,9-10,14,17H,4,7-8,11-12H2,1-2H3/t14-/m0/s1. The molecule has 94 valence electrons. The van der Waals surface area contributed by atoms with Gasteiger partial charge in [-0.15, -0.1) is 0 Å². The van der Waals surface area contributed by atoms with Crippen LogP contribution >= 0.6 is 0 Å². The van der Waals surface area contributed by atoms with Gasteiger partial charge in [-0.3, -0.25) is 0 Å². The number of hydrogen-bond donors (Lipinski definition) is 1. The smallest absolute Gasteiger partial charge is 0.0973 e. The molecule has 2 rings (SSSR count). The fourth-order valence-electron chi connectivity index (χ4n) is 3.07. The predicted molar refractivity (Wildman–Crippen MR) is 70.9 cm³/mol. The molecule has 1 atom stereocenters. The number of rotatable bonds is 3. The molecule has 1 aliphatic rings. The van der Waals surface area contributed by atoms with Gasteiger partial charge in [-0.2, -0.15) is 0 Å². The van der Waals surface area contributed by atoms with Crippen molar-refractivity contribution in [3.63, 3.8) is 0 Å². The first-order chi connectivity index (χ1) is 8.17. The number of likely N-dealkylation sites (N-methyl/N-ethyl adjacent to an activating group) is 1. The highest BCUT2D eigenvalue weighted by Gasteiger charge is 2.41. The Morgan fingerprint density at radius 1 is 1.06 bits per heavy atom. The van der Waals surface area contributed by atoms with Crippen molar-refractivity contribution in [2.24, 2.45) is 0 Å². The lowest BCUT2D eigenvalue weighted by molar-refractivity contribution is -0.0335. The largest absolute Gasteiger partial charge is 0.386 e. The fraction of sp³-hybridized carbons (Fsp3) is 0.600. The Kier molecular flexibility index (Phi) is 3.85. The van der Waals surface area contributed by atoms with E-state index in [1.54, 1.807) is 0 Å². The summed E-state index contributed by atoms with van der Waals surface area (Å²) in [5, 5.41) is 10.7. The number of aliphatic hydroxyl groups excluding tert-OH is 1. The average Bonchev–Trinajstić information content (AvgIpc) is 2.39. The van der Waals surface area contributed by atoms with Crippen LogP contribution in [0.25, 0.3) is 0 Å². The van der Waals surface area contributed by atoms with Crippen LogP contribution in [0.3, 0.4) is 0 Å². The molecule has 2 heteroatoms. The molecule has 1 aliphatic carbocycles. The highest BCUT2D eigenvalue weighted by molar-refractivity contribution is 5.21. The Bertz CT molecular complexity index is 341. The third kappa shape index (κ3) is 2.38. The van der Waals surface area contributed by atoms with E-state index >= 15 is 0 Å². The van der Waals surface area contributed by atoms with Crippen molar-refractivity contribution >= 4 is 0 Å². The zero-order valence-electron chi connectivity index (χ0n) is 10.9. The van der Waals surface area contributed by atoms with Crippen molar-refractivity contribution in [2.75, 3.05) is 14.1 Å². The SMILES string of the molecule is CN(C)C1([C@@H](O)c2ccccc2)CCCCC1. The molecular weight excluding hydrogens is 210 g/mol. The van der Waals surface area contributed by atoms with Crippen LogP contribution in [0.15, 0.2) is 30.3 Å². The molecule has 1 N–H and O–H groups in total. The summed E-state index contributed by atoms with van der Waals surface area (Å²) in [5.74, 6) is 0. The molecule has 0 unspecified atom stereocenters. The lowest BCUT2D eigenvalue weighted by atomic mass is 9.74. The van der Waals surface area contributed by atoms with Crippen LogP contribution in [0.5, 0.6) is 0 Å². The molecule has 1 aromatic carbocycles. The van der Waals surface area contributed by atoms with Crippen LogP contribution in [0.1, 0.15) is 43.8 Å². The third-order valence-corrected chi connectivity index (χ3v) is 4.23. The minimum Gasteiger partial charge on any atom is -0.386 e. The van der Waals surface area contributed by atoms with Crippen molar-refractivity contribution < 1.29 is 5.11 Å². The Morgan fingerprint density at radius 3 is 2.18 bits per heavy atom. The average molecular weight is 233 g/mol. The Morgan fingerprint density at radius 2 is 1.65 bits per heavy atom.